The molecule has 0 spiro atoms. The number of imidazole rings is 1. The molecule has 40 heavy (non-hydrogen) atoms. The third kappa shape index (κ3) is 5.87. The third-order valence-corrected chi connectivity index (χ3v) is 8.10. The third-order valence-electron chi connectivity index (χ3n) is 8.10. The van der Waals surface area contributed by atoms with Crippen molar-refractivity contribution in [1.29, 1.82) is 0 Å². The van der Waals surface area contributed by atoms with Crippen molar-refractivity contribution in [2.24, 2.45) is 5.92 Å². The van der Waals surface area contributed by atoms with Crippen molar-refractivity contribution in [3.8, 4) is 5.82 Å². The normalized spacial score (nSPS) is 23.9. The van der Waals surface area contributed by atoms with Gasteiger partial charge in [0, 0.05) is 37.8 Å². The van der Waals surface area contributed by atoms with E-state index in [9.17, 15) is 13.6 Å². The van der Waals surface area contributed by atoms with E-state index in [0.29, 0.717) is 54.9 Å². The van der Waals surface area contributed by atoms with E-state index in [1.54, 1.807) is 30.3 Å². The topological polar surface area (TPSA) is 109 Å². The van der Waals surface area contributed by atoms with E-state index in [2.05, 4.69) is 20.9 Å². The van der Waals surface area contributed by atoms with Gasteiger partial charge >= 0.3 is 0 Å². The summed E-state index contributed by atoms with van der Waals surface area (Å²) in [6.45, 7) is 4.09. The molecule has 2 aromatic heterocycles. The predicted molar refractivity (Wildman–Crippen MR) is 148 cm³/mol. The summed E-state index contributed by atoms with van der Waals surface area (Å²) in [6, 6.07) is 9.14. The van der Waals surface area contributed by atoms with Crippen molar-refractivity contribution >= 4 is 28.7 Å². The van der Waals surface area contributed by atoms with Crippen LogP contribution in [0.15, 0.2) is 30.3 Å². The molecule has 1 atom stereocenters. The van der Waals surface area contributed by atoms with Crippen LogP contribution in [0.4, 0.5) is 20.5 Å². The number of nitrogens with one attached hydrogen (secondary N) is 3. The zero-order valence-corrected chi connectivity index (χ0v) is 22.5. The Balaban J connectivity index is 1.22. The number of anilines is 2. The first-order valence-electron chi connectivity index (χ1n) is 14.3. The zero-order chi connectivity index (χ0) is 27.5. The van der Waals surface area contributed by atoms with E-state index in [1.165, 1.54) is 4.57 Å². The van der Waals surface area contributed by atoms with Crippen LogP contribution in [0.3, 0.4) is 0 Å². The summed E-state index contributed by atoms with van der Waals surface area (Å²) in [4.78, 5) is 28.4. The van der Waals surface area contributed by atoms with Crippen LogP contribution in [0.1, 0.15) is 50.8 Å². The van der Waals surface area contributed by atoms with Gasteiger partial charge in [-0.3, -0.25) is 9.36 Å². The Kier molecular flexibility index (Phi) is 8.05. The van der Waals surface area contributed by atoms with Crippen LogP contribution in [-0.4, -0.2) is 76.9 Å². The Bertz CT molecular complexity index is 1310. The lowest BCUT2D eigenvalue weighted by atomic mass is 9.90. The fraction of sp³-hybridized carbons (Fsp3) is 0.571. The largest absolute Gasteiger partial charge is 0.378 e. The molecule has 214 valence electrons. The number of amides is 1. The van der Waals surface area contributed by atoms with E-state index < -0.39 is 6.43 Å². The number of hydrogen-bond donors (Lipinski definition) is 3. The van der Waals surface area contributed by atoms with Crippen molar-refractivity contribution in [1.82, 2.24) is 30.2 Å². The highest BCUT2D eigenvalue weighted by Gasteiger charge is 2.28. The number of halogens is 2. The van der Waals surface area contributed by atoms with Crippen molar-refractivity contribution < 1.29 is 18.3 Å². The highest BCUT2D eigenvalue weighted by atomic mass is 19.3. The van der Waals surface area contributed by atoms with Gasteiger partial charge in [-0.2, -0.15) is 9.97 Å². The lowest BCUT2D eigenvalue weighted by Gasteiger charge is -2.32. The van der Waals surface area contributed by atoms with Crippen LogP contribution >= 0.6 is 0 Å². The lowest BCUT2D eigenvalue weighted by Crippen LogP contribution is -2.46. The molecule has 1 aromatic carbocycles. The Morgan fingerprint density at radius 3 is 2.55 bits per heavy atom. The van der Waals surface area contributed by atoms with Crippen LogP contribution in [0.2, 0.25) is 0 Å². The Hall–Kier alpha value is -3.38. The van der Waals surface area contributed by atoms with Gasteiger partial charge in [0.2, 0.25) is 11.9 Å². The summed E-state index contributed by atoms with van der Waals surface area (Å²) in [6.07, 6.45) is 2.71. The monoisotopic (exact) mass is 554 g/mol. The molecule has 0 radical (unpaired) electrons. The van der Waals surface area contributed by atoms with Gasteiger partial charge in [-0.15, -0.1) is 0 Å². The second kappa shape index (κ2) is 12.0. The maximum Gasteiger partial charge on any atom is 0.296 e. The minimum absolute atomic E-state index is 0.0556. The van der Waals surface area contributed by atoms with Crippen molar-refractivity contribution in [3.63, 3.8) is 0 Å². The minimum atomic E-state index is -2.76. The number of para-hydroxylation sites is 2. The minimum Gasteiger partial charge on any atom is -0.378 e. The number of fused-ring (bicyclic) bond motifs is 1. The first-order valence-corrected chi connectivity index (χ1v) is 14.3. The standard InChI is InChI=1S/C28H36F2N8O2/c29-25(30)26-34-21-5-1-2-6-22(21)38(26)24-16-23(35-28(36-24)37-12-14-40-15-13-37)32-19-7-9-20(10-8-19)33-27(39)18-4-3-11-31-17-18/h1-2,5-6,16,18-20,25,31H,3-4,7-15,17H2,(H,33,39)(H,32,35,36). The molecule has 2 aliphatic heterocycles. The van der Waals surface area contributed by atoms with Gasteiger partial charge in [-0.1, -0.05) is 12.1 Å². The number of alkyl halides is 2. The van der Waals surface area contributed by atoms with Crippen molar-refractivity contribution in [3.05, 3.63) is 36.2 Å². The quantitative estimate of drug-likeness (QED) is 0.408. The van der Waals surface area contributed by atoms with Crippen LogP contribution < -0.4 is 20.9 Å². The SMILES string of the molecule is O=C(NC1CCC(Nc2cc(-n3c(C(F)F)nc4ccccc43)nc(N3CCOCC3)n2)CC1)C1CCCNC1. The number of ether oxygens (including phenoxy) is 1. The van der Waals surface area contributed by atoms with E-state index in [0.717, 1.165) is 51.6 Å². The van der Waals surface area contributed by atoms with E-state index >= 15 is 0 Å². The van der Waals surface area contributed by atoms with Crippen molar-refractivity contribution in [2.45, 2.75) is 57.0 Å². The smallest absolute Gasteiger partial charge is 0.296 e. The van der Waals surface area contributed by atoms with Crippen molar-refractivity contribution in [2.75, 3.05) is 49.6 Å². The molecule has 0 bridgehead atoms. The molecule has 1 unspecified atom stereocenters. The zero-order valence-electron chi connectivity index (χ0n) is 22.5. The average molecular weight is 555 g/mol. The maximum absolute atomic E-state index is 14.1. The van der Waals surface area contributed by atoms with E-state index in [4.69, 9.17) is 14.7 Å². The Labute approximate surface area is 231 Å². The summed E-state index contributed by atoms with van der Waals surface area (Å²) < 4.78 is 35.2. The molecular weight excluding hydrogens is 518 g/mol. The number of morpholine rings is 1. The first kappa shape index (κ1) is 26.8. The van der Waals surface area contributed by atoms with Crippen LogP contribution in [0.5, 0.6) is 0 Å². The molecule has 3 aliphatic rings. The highest BCUT2D eigenvalue weighted by Crippen LogP contribution is 2.30. The Morgan fingerprint density at radius 1 is 1.02 bits per heavy atom. The summed E-state index contributed by atoms with van der Waals surface area (Å²) in [7, 11) is 0. The molecule has 1 aliphatic carbocycles. The predicted octanol–water partition coefficient (Wildman–Crippen LogP) is 3.43. The van der Waals surface area contributed by atoms with Gasteiger partial charge in [-0.05, 0) is 57.2 Å². The van der Waals surface area contributed by atoms with Crippen LogP contribution in [0, 0.1) is 5.92 Å². The van der Waals surface area contributed by atoms with Gasteiger partial charge in [0.25, 0.3) is 6.43 Å². The molecule has 10 nitrogen and oxygen atoms in total. The molecule has 4 heterocycles. The number of nitrogens with zero attached hydrogens (tertiary/aromatic N) is 5. The van der Waals surface area contributed by atoms with Crippen LogP contribution in [0.25, 0.3) is 16.9 Å². The summed E-state index contributed by atoms with van der Waals surface area (Å²) >= 11 is 0. The van der Waals surface area contributed by atoms with Gasteiger partial charge in [0.05, 0.1) is 30.2 Å². The number of aromatic nitrogens is 4. The number of piperidine rings is 1. The number of rotatable bonds is 7. The molecule has 2 saturated heterocycles. The van der Waals surface area contributed by atoms with Crippen LogP contribution in [-0.2, 0) is 9.53 Å². The molecule has 3 fully saturated rings. The van der Waals surface area contributed by atoms with E-state index in [-0.39, 0.29) is 29.7 Å². The fourth-order valence-corrected chi connectivity index (χ4v) is 5.93. The van der Waals surface area contributed by atoms with Gasteiger partial charge < -0.3 is 25.6 Å². The average Bonchev–Trinajstić information content (AvgIpc) is 3.39. The van der Waals surface area contributed by atoms with Gasteiger partial charge in [-0.25, -0.2) is 13.8 Å². The van der Waals surface area contributed by atoms with E-state index in [1.807, 2.05) is 4.90 Å². The molecule has 3 aromatic rings. The van der Waals surface area contributed by atoms with Gasteiger partial charge in [0.1, 0.15) is 11.6 Å². The summed E-state index contributed by atoms with van der Waals surface area (Å²) in [5, 5.41) is 10.1. The summed E-state index contributed by atoms with van der Waals surface area (Å²) in [5.41, 5.74) is 1.06. The molecule has 1 saturated carbocycles. The first-order chi connectivity index (χ1) is 19.5. The number of carbonyl (C=O) groups is 1. The lowest BCUT2D eigenvalue weighted by molar-refractivity contribution is -0.126. The Morgan fingerprint density at radius 2 is 1.80 bits per heavy atom. The van der Waals surface area contributed by atoms with Gasteiger partial charge in [0.15, 0.2) is 5.82 Å². The molecule has 6 rings (SSSR count). The molecule has 3 N–H and O–H groups in total. The second-order valence-corrected chi connectivity index (χ2v) is 10.9. The fourth-order valence-electron chi connectivity index (χ4n) is 5.93. The summed E-state index contributed by atoms with van der Waals surface area (Å²) in [5.74, 6) is 1.28. The number of hydrogen-bond acceptors (Lipinski definition) is 8. The number of benzene rings is 1. The molecule has 12 heteroatoms. The second-order valence-electron chi connectivity index (χ2n) is 10.9. The highest BCUT2D eigenvalue weighted by molar-refractivity contribution is 5.79. The number of carbonyl (C=O) groups excluding carboxylic acids is 1. The molecule has 1 amide bonds. The maximum atomic E-state index is 14.1. The molecular formula is C28H36F2N8O2.